The Morgan fingerprint density at radius 1 is 1.21 bits per heavy atom. The van der Waals surface area contributed by atoms with Crippen molar-refractivity contribution in [3.05, 3.63) is 59.0 Å². The van der Waals surface area contributed by atoms with Crippen LogP contribution in [0.5, 0.6) is 0 Å². The maximum absolute atomic E-state index is 12.8. The fourth-order valence-electron chi connectivity index (χ4n) is 3.70. The van der Waals surface area contributed by atoms with Gasteiger partial charge in [-0.05, 0) is 56.2 Å². The zero-order valence-electron chi connectivity index (χ0n) is 16.4. The molecule has 29 heavy (non-hydrogen) atoms. The lowest BCUT2D eigenvalue weighted by Crippen LogP contribution is -2.43. The Hall–Kier alpha value is -2.93. The van der Waals surface area contributed by atoms with Crippen molar-refractivity contribution in [2.45, 2.75) is 32.1 Å². The van der Waals surface area contributed by atoms with Gasteiger partial charge in [-0.2, -0.15) is 0 Å². The molecule has 0 fully saturated rings. The minimum absolute atomic E-state index is 0.00917. The SMILES string of the molecule is CC1(C)C(=O)N(CC(=O)NCCCc2nnc3ccccn23)c2ccc(Cl)cc21. The highest BCUT2D eigenvalue weighted by molar-refractivity contribution is 6.31. The molecule has 3 heterocycles. The van der Waals surface area contributed by atoms with Gasteiger partial charge in [0.05, 0.1) is 5.41 Å². The van der Waals surface area contributed by atoms with E-state index < -0.39 is 5.41 Å². The van der Waals surface area contributed by atoms with Crippen LogP contribution in [0.2, 0.25) is 5.02 Å². The van der Waals surface area contributed by atoms with Gasteiger partial charge in [0.25, 0.3) is 0 Å². The highest BCUT2D eigenvalue weighted by Crippen LogP contribution is 2.42. The van der Waals surface area contributed by atoms with Crippen LogP contribution in [0.15, 0.2) is 42.6 Å². The third-order valence-corrected chi connectivity index (χ3v) is 5.52. The molecule has 7 nitrogen and oxygen atoms in total. The molecular formula is C21H22ClN5O2. The molecule has 0 unspecified atom stereocenters. The minimum Gasteiger partial charge on any atom is -0.355 e. The number of nitrogens with one attached hydrogen (secondary N) is 1. The van der Waals surface area contributed by atoms with E-state index in [1.807, 2.05) is 42.6 Å². The summed E-state index contributed by atoms with van der Waals surface area (Å²) in [6.07, 6.45) is 3.35. The van der Waals surface area contributed by atoms with Gasteiger partial charge >= 0.3 is 0 Å². The average molecular weight is 412 g/mol. The Labute approximate surface area is 173 Å². The van der Waals surface area contributed by atoms with Crippen LogP contribution in [0.1, 0.15) is 31.7 Å². The molecule has 1 N–H and O–H groups in total. The number of benzene rings is 1. The standard InChI is InChI=1S/C21H22ClN5O2/c1-21(2)15-12-14(22)8-9-16(15)27(20(21)29)13-19(28)23-10-5-7-18-25-24-17-6-3-4-11-26(17)18/h3-4,6,8-9,11-12H,5,7,10,13H2,1-2H3,(H,23,28). The van der Waals surface area contributed by atoms with E-state index >= 15 is 0 Å². The van der Waals surface area contributed by atoms with Gasteiger partial charge < -0.3 is 10.2 Å². The third-order valence-electron chi connectivity index (χ3n) is 5.29. The van der Waals surface area contributed by atoms with Gasteiger partial charge in [-0.25, -0.2) is 0 Å². The highest BCUT2D eigenvalue weighted by atomic mass is 35.5. The Bertz CT molecular complexity index is 1090. The van der Waals surface area contributed by atoms with E-state index in [9.17, 15) is 9.59 Å². The Morgan fingerprint density at radius 2 is 2.03 bits per heavy atom. The normalized spacial score (nSPS) is 15.0. The van der Waals surface area contributed by atoms with Crippen molar-refractivity contribution in [3.63, 3.8) is 0 Å². The highest BCUT2D eigenvalue weighted by Gasteiger charge is 2.44. The van der Waals surface area contributed by atoms with Crippen molar-refractivity contribution < 1.29 is 9.59 Å². The number of rotatable bonds is 6. The Kier molecular flexibility index (Phi) is 5.00. The summed E-state index contributed by atoms with van der Waals surface area (Å²) < 4.78 is 1.94. The number of anilines is 1. The number of hydrogen-bond donors (Lipinski definition) is 1. The molecule has 8 heteroatoms. The number of aromatic nitrogens is 3. The summed E-state index contributed by atoms with van der Waals surface area (Å²) in [5.41, 5.74) is 1.70. The summed E-state index contributed by atoms with van der Waals surface area (Å²) in [4.78, 5) is 26.8. The van der Waals surface area contributed by atoms with Crippen LogP contribution in [0.25, 0.3) is 5.65 Å². The third kappa shape index (κ3) is 3.58. The number of fused-ring (bicyclic) bond motifs is 2. The van der Waals surface area contributed by atoms with Crippen LogP contribution in [-0.4, -0.2) is 39.5 Å². The topological polar surface area (TPSA) is 79.6 Å². The maximum atomic E-state index is 12.8. The molecule has 0 saturated carbocycles. The fourth-order valence-corrected chi connectivity index (χ4v) is 3.87. The lowest BCUT2D eigenvalue weighted by Gasteiger charge is -2.20. The van der Waals surface area contributed by atoms with E-state index in [-0.39, 0.29) is 18.4 Å². The summed E-state index contributed by atoms with van der Waals surface area (Å²) in [5, 5.41) is 11.8. The summed E-state index contributed by atoms with van der Waals surface area (Å²) in [5.74, 6) is 0.569. The molecule has 1 aromatic carbocycles. The van der Waals surface area contributed by atoms with Crippen molar-refractivity contribution in [1.82, 2.24) is 19.9 Å². The van der Waals surface area contributed by atoms with Crippen LogP contribution >= 0.6 is 11.6 Å². The van der Waals surface area contributed by atoms with Gasteiger partial charge in [0.2, 0.25) is 11.8 Å². The number of pyridine rings is 1. The predicted molar refractivity (Wildman–Crippen MR) is 111 cm³/mol. The average Bonchev–Trinajstić information content (AvgIpc) is 3.19. The molecule has 0 atom stereocenters. The van der Waals surface area contributed by atoms with Crippen LogP contribution < -0.4 is 10.2 Å². The van der Waals surface area contributed by atoms with Gasteiger partial charge in [0.1, 0.15) is 12.4 Å². The molecule has 0 aliphatic carbocycles. The van der Waals surface area contributed by atoms with Crippen molar-refractivity contribution in [1.29, 1.82) is 0 Å². The molecule has 1 aliphatic heterocycles. The van der Waals surface area contributed by atoms with Crippen LogP contribution in [0, 0.1) is 0 Å². The monoisotopic (exact) mass is 411 g/mol. The summed E-state index contributed by atoms with van der Waals surface area (Å²) in [7, 11) is 0. The lowest BCUT2D eigenvalue weighted by molar-refractivity contribution is -0.125. The van der Waals surface area contributed by atoms with E-state index in [2.05, 4.69) is 15.5 Å². The molecule has 0 spiro atoms. The van der Waals surface area contributed by atoms with Crippen LogP contribution in [-0.2, 0) is 21.4 Å². The van der Waals surface area contributed by atoms with Gasteiger partial charge in [0, 0.05) is 29.9 Å². The molecule has 1 aliphatic rings. The van der Waals surface area contributed by atoms with Gasteiger partial charge in [-0.3, -0.25) is 14.0 Å². The van der Waals surface area contributed by atoms with Crippen molar-refractivity contribution in [2.75, 3.05) is 18.0 Å². The summed E-state index contributed by atoms with van der Waals surface area (Å²) >= 11 is 6.09. The largest absolute Gasteiger partial charge is 0.355 e. The second-order valence-electron chi connectivity index (χ2n) is 7.68. The van der Waals surface area contributed by atoms with E-state index in [0.29, 0.717) is 18.0 Å². The molecule has 150 valence electrons. The van der Waals surface area contributed by atoms with E-state index in [1.54, 1.807) is 18.2 Å². The number of halogens is 1. The van der Waals surface area contributed by atoms with Crippen molar-refractivity contribution in [2.24, 2.45) is 0 Å². The number of nitrogens with zero attached hydrogens (tertiary/aromatic N) is 4. The van der Waals surface area contributed by atoms with Crippen molar-refractivity contribution >= 4 is 34.7 Å². The van der Waals surface area contributed by atoms with Gasteiger partial charge in [-0.1, -0.05) is 17.7 Å². The zero-order chi connectivity index (χ0) is 20.6. The summed E-state index contributed by atoms with van der Waals surface area (Å²) in [6, 6.07) is 11.1. The number of aryl methyl sites for hydroxylation is 1. The molecule has 3 aromatic rings. The van der Waals surface area contributed by atoms with Crippen molar-refractivity contribution in [3.8, 4) is 0 Å². The molecule has 2 amide bonds. The molecule has 0 bridgehead atoms. The van der Waals surface area contributed by atoms with E-state index in [1.165, 1.54) is 4.90 Å². The first kappa shape index (κ1) is 19.4. The predicted octanol–water partition coefficient (Wildman–Crippen LogP) is 2.76. The molecular weight excluding hydrogens is 390 g/mol. The Morgan fingerprint density at radius 3 is 2.86 bits per heavy atom. The van der Waals surface area contributed by atoms with Gasteiger partial charge in [-0.15, -0.1) is 10.2 Å². The van der Waals surface area contributed by atoms with Crippen LogP contribution in [0.3, 0.4) is 0 Å². The number of carbonyl (C=O) groups excluding carboxylic acids is 2. The first-order valence-corrected chi connectivity index (χ1v) is 9.93. The first-order valence-electron chi connectivity index (χ1n) is 9.55. The van der Waals surface area contributed by atoms with E-state index in [0.717, 1.165) is 29.1 Å². The molecule has 4 rings (SSSR count). The molecule has 2 aromatic heterocycles. The second kappa shape index (κ2) is 7.48. The fraction of sp³-hybridized carbons (Fsp3) is 0.333. The number of amides is 2. The quantitative estimate of drug-likeness (QED) is 0.632. The molecule has 0 radical (unpaired) electrons. The number of carbonyl (C=O) groups is 2. The van der Waals surface area contributed by atoms with Crippen LogP contribution in [0.4, 0.5) is 5.69 Å². The van der Waals surface area contributed by atoms with E-state index in [4.69, 9.17) is 11.6 Å². The molecule has 0 saturated heterocycles. The smallest absolute Gasteiger partial charge is 0.240 e. The lowest BCUT2D eigenvalue weighted by atomic mass is 9.86. The first-order chi connectivity index (χ1) is 13.9. The second-order valence-corrected chi connectivity index (χ2v) is 8.11. The van der Waals surface area contributed by atoms with Gasteiger partial charge in [0.15, 0.2) is 5.65 Å². The number of hydrogen-bond acceptors (Lipinski definition) is 4. The minimum atomic E-state index is -0.699. The zero-order valence-corrected chi connectivity index (χ0v) is 17.1. The maximum Gasteiger partial charge on any atom is 0.240 e. The Balaban J connectivity index is 1.34. The summed E-state index contributed by atoms with van der Waals surface area (Å²) in [6.45, 7) is 4.20.